The third-order valence-electron chi connectivity index (χ3n) is 0.721. The molecule has 1 aromatic rings. The van der Waals surface area contributed by atoms with Gasteiger partial charge in [-0.1, -0.05) is 0 Å². The molecule has 4 heteroatoms. The number of carbonyl (C=O) groups is 1. The number of carboxylic acid groups (broad SMARTS) is 1. The lowest BCUT2D eigenvalue weighted by atomic mass is 10.5. The fourth-order valence-corrected chi connectivity index (χ4v) is 0.370. The third kappa shape index (κ3) is 0.676. The lowest BCUT2D eigenvalue weighted by Crippen LogP contribution is -2.22. The molecule has 0 fully saturated rings. The molecule has 4 nitrogen and oxygen atoms in total. The zero-order valence-electron chi connectivity index (χ0n) is 3.92. The first kappa shape index (κ1) is 4.83. The lowest BCUT2D eigenvalue weighted by Gasteiger charge is -1.91. The van der Waals surface area contributed by atoms with Gasteiger partial charge in [-0.2, -0.15) is 5.10 Å². The largest absolute Gasteiger partial charge is 0.543 e. The van der Waals surface area contributed by atoms with E-state index >= 15 is 0 Å². The maximum absolute atomic E-state index is 9.88. The third-order valence-corrected chi connectivity index (χ3v) is 0.721. The molecule has 0 bridgehead atoms. The molecule has 0 atom stereocenters. The van der Waals surface area contributed by atoms with Gasteiger partial charge in [0.1, 0.15) is 0 Å². The molecule has 0 unspecified atom stereocenters. The zero-order chi connectivity index (χ0) is 5.98. The van der Waals surface area contributed by atoms with Crippen LogP contribution in [0.15, 0.2) is 12.3 Å². The second kappa shape index (κ2) is 1.65. The van der Waals surface area contributed by atoms with Gasteiger partial charge in [-0.3, -0.25) is 5.10 Å². The van der Waals surface area contributed by atoms with Crippen LogP contribution in [-0.2, 0) is 0 Å². The Kier molecular flexibility index (Phi) is 0.997. The number of carbonyl (C=O) groups excluding carboxylic acids is 1. The number of H-pyrrole nitrogens is 1. The highest BCUT2D eigenvalue weighted by atomic mass is 16.4. The average Bonchev–Trinajstić information content (AvgIpc) is 2.12. The number of carboxylic acids is 1. The Labute approximate surface area is 45.1 Å². The predicted octanol–water partition coefficient (Wildman–Crippen LogP) is -1.23. The van der Waals surface area contributed by atoms with Gasteiger partial charge in [0.15, 0.2) is 0 Å². The molecule has 42 valence electrons. The first-order chi connectivity index (χ1) is 3.80. The summed E-state index contributed by atoms with van der Waals surface area (Å²) in [7, 11) is 0. The van der Waals surface area contributed by atoms with E-state index in [4.69, 9.17) is 0 Å². The van der Waals surface area contributed by atoms with Gasteiger partial charge in [-0.15, -0.1) is 0 Å². The number of aromatic amines is 1. The van der Waals surface area contributed by atoms with Crippen LogP contribution in [0, 0.1) is 0 Å². The first-order valence-electron chi connectivity index (χ1n) is 2.01. The Morgan fingerprint density at radius 3 is 2.88 bits per heavy atom. The minimum absolute atomic E-state index is 0.00463. The first-order valence-corrected chi connectivity index (χ1v) is 2.01. The van der Waals surface area contributed by atoms with Gasteiger partial charge < -0.3 is 9.90 Å². The Bertz CT molecular complexity index is 180. The van der Waals surface area contributed by atoms with E-state index in [1.165, 1.54) is 12.3 Å². The van der Waals surface area contributed by atoms with Crippen molar-refractivity contribution in [2.24, 2.45) is 0 Å². The van der Waals surface area contributed by atoms with Crippen molar-refractivity contribution in [1.82, 2.24) is 10.2 Å². The number of nitrogens with one attached hydrogen (secondary N) is 1. The van der Waals surface area contributed by atoms with Crippen LogP contribution in [0.25, 0.3) is 0 Å². The molecule has 0 amide bonds. The van der Waals surface area contributed by atoms with Gasteiger partial charge in [0.05, 0.1) is 11.7 Å². The maximum atomic E-state index is 9.88. The van der Waals surface area contributed by atoms with Crippen molar-refractivity contribution in [2.45, 2.75) is 0 Å². The number of aromatic nitrogens is 2. The molecule has 0 radical (unpaired) electrons. The van der Waals surface area contributed by atoms with Gasteiger partial charge in [0, 0.05) is 6.20 Å². The van der Waals surface area contributed by atoms with Crippen molar-refractivity contribution >= 4 is 5.97 Å². The predicted molar refractivity (Wildman–Crippen MR) is 22.9 cm³/mol. The highest BCUT2D eigenvalue weighted by molar-refractivity contribution is 5.82. The zero-order valence-corrected chi connectivity index (χ0v) is 3.92. The van der Waals surface area contributed by atoms with Crippen molar-refractivity contribution in [3.8, 4) is 0 Å². The van der Waals surface area contributed by atoms with Crippen LogP contribution in [0.1, 0.15) is 10.5 Å². The van der Waals surface area contributed by atoms with Crippen LogP contribution in [0.5, 0.6) is 0 Å². The van der Waals surface area contributed by atoms with Crippen molar-refractivity contribution in [2.75, 3.05) is 0 Å². The number of rotatable bonds is 1. The van der Waals surface area contributed by atoms with Gasteiger partial charge >= 0.3 is 0 Å². The standard InChI is InChI=1S/C4H4N2O2/c7-4(8)3-1-2-5-6-3/h1-2H,(H,5,6)(H,7,8)/p-1. The fourth-order valence-electron chi connectivity index (χ4n) is 0.370. The summed E-state index contributed by atoms with van der Waals surface area (Å²) >= 11 is 0. The SMILES string of the molecule is O=C([O-])c1ccn[nH]1. The van der Waals surface area contributed by atoms with Crippen LogP contribution in [0.2, 0.25) is 0 Å². The molecule has 0 saturated heterocycles. The van der Waals surface area contributed by atoms with E-state index in [0.29, 0.717) is 0 Å². The summed E-state index contributed by atoms with van der Waals surface area (Å²) in [5.41, 5.74) is 0.00463. The van der Waals surface area contributed by atoms with Crippen molar-refractivity contribution in [3.05, 3.63) is 18.0 Å². The Balaban J connectivity index is 2.93. The van der Waals surface area contributed by atoms with E-state index in [1.807, 2.05) is 0 Å². The molecular formula is C4H3N2O2-. The van der Waals surface area contributed by atoms with E-state index in [1.54, 1.807) is 0 Å². The lowest BCUT2D eigenvalue weighted by molar-refractivity contribution is -0.255. The summed E-state index contributed by atoms with van der Waals surface area (Å²) in [5, 5.41) is 15.5. The number of aromatic carboxylic acids is 1. The number of hydrogen-bond donors (Lipinski definition) is 1. The molecule has 0 aliphatic carbocycles. The van der Waals surface area contributed by atoms with E-state index in [2.05, 4.69) is 10.2 Å². The van der Waals surface area contributed by atoms with Gasteiger partial charge in [0.2, 0.25) is 0 Å². The van der Waals surface area contributed by atoms with E-state index in [9.17, 15) is 9.90 Å². The number of hydrogen-bond acceptors (Lipinski definition) is 3. The topological polar surface area (TPSA) is 68.8 Å². The minimum atomic E-state index is -1.23. The molecule has 0 aromatic carbocycles. The van der Waals surface area contributed by atoms with Crippen molar-refractivity contribution < 1.29 is 9.90 Å². The van der Waals surface area contributed by atoms with Gasteiger partial charge in [-0.05, 0) is 6.07 Å². The molecular weight excluding hydrogens is 108 g/mol. The Morgan fingerprint density at radius 1 is 1.88 bits per heavy atom. The molecule has 0 aliphatic rings. The normalized spacial score (nSPS) is 9.00. The molecule has 0 saturated carbocycles. The van der Waals surface area contributed by atoms with Gasteiger partial charge in [0.25, 0.3) is 0 Å². The highest BCUT2D eigenvalue weighted by Gasteiger charge is 1.88. The summed E-state index contributed by atoms with van der Waals surface area (Å²) in [4.78, 5) is 9.88. The summed E-state index contributed by atoms with van der Waals surface area (Å²) < 4.78 is 0. The van der Waals surface area contributed by atoms with Crippen LogP contribution < -0.4 is 5.11 Å². The van der Waals surface area contributed by atoms with Crippen LogP contribution >= 0.6 is 0 Å². The van der Waals surface area contributed by atoms with Crippen LogP contribution in [0.3, 0.4) is 0 Å². The summed E-state index contributed by atoms with van der Waals surface area (Å²) in [6, 6.07) is 1.33. The highest BCUT2D eigenvalue weighted by Crippen LogP contribution is 1.85. The average molecular weight is 111 g/mol. The Morgan fingerprint density at radius 2 is 2.62 bits per heavy atom. The second-order valence-electron chi connectivity index (χ2n) is 1.26. The van der Waals surface area contributed by atoms with Gasteiger partial charge in [-0.25, -0.2) is 0 Å². The molecule has 8 heavy (non-hydrogen) atoms. The van der Waals surface area contributed by atoms with Crippen LogP contribution in [0.4, 0.5) is 0 Å². The summed E-state index contributed by atoms with van der Waals surface area (Å²) in [6.07, 6.45) is 1.35. The molecule has 0 aliphatic heterocycles. The van der Waals surface area contributed by atoms with E-state index in [0.717, 1.165) is 0 Å². The molecule has 1 N–H and O–H groups in total. The molecule has 1 rings (SSSR count). The maximum Gasteiger partial charge on any atom is 0.0894 e. The van der Waals surface area contributed by atoms with E-state index in [-0.39, 0.29) is 5.69 Å². The Hall–Kier alpha value is -1.32. The van der Waals surface area contributed by atoms with Crippen LogP contribution in [-0.4, -0.2) is 16.2 Å². The van der Waals surface area contributed by atoms with E-state index < -0.39 is 5.97 Å². The van der Waals surface area contributed by atoms with Crippen molar-refractivity contribution in [1.29, 1.82) is 0 Å². The molecule has 0 spiro atoms. The smallest absolute Gasteiger partial charge is 0.0894 e. The van der Waals surface area contributed by atoms with Crippen molar-refractivity contribution in [3.63, 3.8) is 0 Å². The molecule has 1 aromatic heterocycles. The summed E-state index contributed by atoms with van der Waals surface area (Å²) in [6.45, 7) is 0. The summed E-state index contributed by atoms with van der Waals surface area (Å²) in [5.74, 6) is -1.23. The quantitative estimate of drug-likeness (QED) is 0.493. The minimum Gasteiger partial charge on any atom is -0.543 e. The molecule has 1 heterocycles. The second-order valence-corrected chi connectivity index (χ2v) is 1.26. The fraction of sp³-hybridized carbons (Fsp3) is 0. The number of nitrogens with zero attached hydrogens (tertiary/aromatic N) is 1. The monoisotopic (exact) mass is 111 g/mol.